The Labute approximate surface area is 172 Å². The number of quaternary nitrogens is 1. The third-order valence-corrected chi connectivity index (χ3v) is 5.58. The zero-order valence-corrected chi connectivity index (χ0v) is 17.8. The van der Waals surface area contributed by atoms with E-state index in [1.807, 2.05) is 17.5 Å². The molecule has 154 valence electrons. The van der Waals surface area contributed by atoms with Crippen LogP contribution >= 0.6 is 11.3 Å². The van der Waals surface area contributed by atoms with E-state index in [0.29, 0.717) is 40.8 Å². The summed E-state index contributed by atoms with van der Waals surface area (Å²) < 4.78 is 10.6. The van der Waals surface area contributed by atoms with Gasteiger partial charge in [-0.1, -0.05) is 13.0 Å². The predicted molar refractivity (Wildman–Crippen MR) is 108 cm³/mol. The van der Waals surface area contributed by atoms with E-state index in [-0.39, 0.29) is 12.3 Å². The number of aromatic nitrogens is 3. The fourth-order valence-electron chi connectivity index (χ4n) is 3.38. The predicted octanol–water partition coefficient (Wildman–Crippen LogP) is 2.21. The lowest BCUT2D eigenvalue weighted by Gasteiger charge is -2.16. The summed E-state index contributed by atoms with van der Waals surface area (Å²) in [5, 5.41) is 10.2. The molecule has 3 rings (SSSR count). The first-order valence-electron chi connectivity index (χ1n) is 9.45. The van der Waals surface area contributed by atoms with Crippen molar-refractivity contribution in [3.8, 4) is 10.8 Å². The average Bonchev–Trinajstić information content (AvgIpc) is 3.42. The van der Waals surface area contributed by atoms with Crippen molar-refractivity contribution in [1.29, 1.82) is 0 Å². The highest BCUT2D eigenvalue weighted by Crippen LogP contribution is 2.22. The molecule has 2 N–H and O–H groups in total. The molecule has 1 atom stereocenters. The summed E-state index contributed by atoms with van der Waals surface area (Å²) in [7, 11) is 1.33. The molecule has 0 aliphatic heterocycles. The Morgan fingerprint density at radius 2 is 2.10 bits per heavy atom. The maximum atomic E-state index is 12.9. The summed E-state index contributed by atoms with van der Waals surface area (Å²) in [6, 6.07) is 3.86. The highest BCUT2D eigenvalue weighted by Gasteiger charge is 2.26. The molecule has 3 heterocycles. The number of nitrogens with zero attached hydrogens (tertiary/aromatic N) is 2. The maximum Gasteiger partial charge on any atom is 0.339 e. The highest BCUT2D eigenvalue weighted by molar-refractivity contribution is 7.13. The van der Waals surface area contributed by atoms with Gasteiger partial charge >= 0.3 is 5.97 Å². The maximum absolute atomic E-state index is 12.9. The van der Waals surface area contributed by atoms with Gasteiger partial charge in [-0.05, 0) is 37.3 Å². The number of aryl methyl sites for hydroxylation is 1. The van der Waals surface area contributed by atoms with Crippen molar-refractivity contribution in [2.24, 2.45) is 0 Å². The Bertz CT molecular complexity index is 990. The molecule has 0 spiro atoms. The minimum absolute atomic E-state index is 0.0674. The fraction of sp³-hybridized carbons (Fsp3) is 0.400. The molecule has 3 aromatic rings. The number of hydrogen-bond acceptors (Lipinski definition) is 7. The van der Waals surface area contributed by atoms with Crippen LogP contribution in [0.2, 0.25) is 0 Å². The van der Waals surface area contributed by atoms with Crippen LogP contribution in [0.5, 0.6) is 0 Å². The monoisotopic (exact) mass is 417 g/mol. The van der Waals surface area contributed by atoms with Crippen LogP contribution in [-0.4, -0.2) is 47.1 Å². The first-order valence-corrected chi connectivity index (χ1v) is 10.3. The molecule has 0 saturated carbocycles. The van der Waals surface area contributed by atoms with Crippen molar-refractivity contribution in [1.82, 2.24) is 15.2 Å². The summed E-state index contributed by atoms with van der Waals surface area (Å²) >= 11 is 1.54. The second-order valence-electron chi connectivity index (χ2n) is 6.87. The van der Waals surface area contributed by atoms with Gasteiger partial charge in [-0.3, -0.25) is 4.79 Å². The molecule has 1 unspecified atom stereocenters. The number of carbonyl (C=O) groups is 2. The molecular weight excluding hydrogens is 392 g/mol. The Morgan fingerprint density at radius 1 is 1.31 bits per heavy atom. The molecule has 8 nitrogen and oxygen atoms in total. The van der Waals surface area contributed by atoms with Crippen LogP contribution < -0.4 is 4.90 Å². The van der Waals surface area contributed by atoms with Crippen molar-refractivity contribution >= 4 is 23.1 Å². The van der Waals surface area contributed by atoms with Crippen LogP contribution in [0.4, 0.5) is 0 Å². The van der Waals surface area contributed by atoms with E-state index in [1.165, 1.54) is 18.4 Å². The third kappa shape index (κ3) is 4.63. The number of ketones is 1. The molecule has 29 heavy (non-hydrogen) atoms. The lowest BCUT2D eigenvalue weighted by Crippen LogP contribution is -3.11. The molecule has 0 aromatic carbocycles. The number of methoxy groups -OCH3 is 1. The topological polar surface area (TPSA) is 103 Å². The molecule has 0 aliphatic rings. The van der Waals surface area contributed by atoms with Gasteiger partial charge in [-0.25, -0.2) is 4.79 Å². The number of Topliss-reactive ketones (excluding diaryl/α,β-unsaturated/α-hetero) is 1. The molecular formula is C20H25N4O4S+. The summed E-state index contributed by atoms with van der Waals surface area (Å²) in [6.45, 7) is 7.08. The number of nitrogens with one attached hydrogen (secondary N) is 2. The molecule has 0 fully saturated rings. The Morgan fingerprint density at radius 3 is 2.76 bits per heavy atom. The summed E-state index contributed by atoms with van der Waals surface area (Å²) in [5.41, 5.74) is 2.12. The summed E-state index contributed by atoms with van der Waals surface area (Å²) in [6.07, 6.45) is 0.907. The van der Waals surface area contributed by atoms with Gasteiger partial charge < -0.3 is 19.0 Å². The van der Waals surface area contributed by atoms with Crippen molar-refractivity contribution in [2.45, 2.75) is 33.7 Å². The second kappa shape index (κ2) is 9.15. The van der Waals surface area contributed by atoms with Crippen LogP contribution in [-0.2, 0) is 11.3 Å². The lowest BCUT2D eigenvalue weighted by atomic mass is 10.1. The molecule has 0 saturated heterocycles. The Kier molecular flexibility index (Phi) is 6.60. The number of hydrogen-bond donors (Lipinski definition) is 2. The van der Waals surface area contributed by atoms with Crippen molar-refractivity contribution in [2.75, 3.05) is 20.2 Å². The third-order valence-electron chi connectivity index (χ3n) is 4.72. The van der Waals surface area contributed by atoms with Crippen molar-refractivity contribution in [3.63, 3.8) is 0 Å². The zero-order chi connectivity index (χ0) is 21.0. The van der Waals surface area contributed by atoms with Gasteiger partial charge in [0.1, 0.15) is 6.54 Å². The first-order chi connectivity index (χ1) is 13.9. The van der Waals surface area contributed by atoms with Gasteiger partial charge in [0.15, 0.2) is 6.54 Å². The molecule has 3 aromatic heterocycles. The Balaban J connectivity index is 1.74. The molecule has 0 amide bonds. The van der Waals surface area contributed by atoms with E-state index in [4.69, 9.17) is 9.15 Å². The fourth-order valence-corrected chi connectivity index (χ4v) is 4.03. The number of ether oxygens (including phenoxy) is 1. The number of thiophene rings is 1. The van der Waals surface area contributed by atoms with Crippen LogP contribution in [0, 0.1) is 13.8 Å². The SMILES string of the molecule is CCC[NH+](CC(=O)c1[nH]c(C)c(C(=O)OC)c1C)Cc1nnc(-c2cccs2)o1. The van der Waals surface area contributed by atoms with Crippen molar-refractivity contribution < 1.29 is 23.6 Å². The van der Waals surface area contributed by atoms with Crippen molar-refractivity contribution in [3.05, 3.63) is 45.9 Å². The number of aromatic amines is 1. The van der Waals surface area contributed by atoms with E-state index in [1.54, 1.807) is 13.8 Å². The molecule has 0 aliphatic carbocycles. The quantitative estimate of drug-likeness (QED) is 0.409. The average molecular weight is 418 g/mol. The molecule has 0 bridgehead atoms. The van der Waals surface area contributed by atoms with E-state index in [0.717, 1.165) is 22.7 Å². The summed E-state index contributed by atoms with van der Waals surface area (Å²) in [4.78, 5) is 29.9. The first kappa shape index (κ1) is 20.9. The normalized spacial score (nSPS) is 12.1. The van der Waals surface area contributed by atoms with Gasteiger partial charge in [0, 0.05) is 5.69 Å². The van der Waals surface area contributed by atoms with Gasteiger partial charge in [0.05, 0.1) is 29.8 Å². The van der Waals surface area contributed by atoms with Crippen LogP contribution in [0.3, 0.4) is 0 Å². The number of carbonyl (C=O) groups excluding carboxylic acids is 2. The lowest BCUT2D eigenvalue weighted by molar-refractivity contribution is -0.906. The highest BCUT2D eigenvalue weighted by atomic mass is 32.1. The number of rotatable bonds is 9. The minimum atomic E-state index is -0.444. The largest absolute Gasteiger partial charge is 0.465 e. The molecule has 9 heteroatoms. The minimum Gasteiger partial charge on any atom is -0.465 e. The zero-order valence-electron chi connectivity index (χ0n) is 17.0. The summed E-state index contributed by atoms with van der Waals surface area (Å²) in [5.74, 6) is 0.484. The van der Waals surface area contributed by atoms with Crippen LogP contribution in [0.25, 0.3) is 10.8 Å². The van der Waals surface area contributed by atoms with E-state index in [9.17, 15) is 9.59 Å². The van der Waals surface area contributed by atoms with Gasteiger partial charge in [-0.15, -0.1) is 21.5 Å². The van der Waals surface area contributed by atoms with Gasteiger partial charge in [-0.2, -0.15) is 0 Å². The van der Waals surface area contributed by atoms with Gasteiger partial charge in [0.25, 0.3) is 11.8 Å². The number of H-pyrrole nitrogens is 1. The van der Waals surface area contributed by atoms with Crippen LogP contribution in [0.15, 0.2) is 21.9 Å². The van der Waals surface area contributed by atoms with Gasteiger partial charge in [0.2, 0.25) is 5.78 Å². The molecule has 0 radical (unpaired) electrons. The second-order valence-corrected chi connectivity index (χ2v) is 7.82. The Hall–Kier alpha value is -2.78. The number of esters is 1. The van der Waals surface area contributed by atoms with E-state index < -0.39 is 5.97 Å². The van der Waals surface area contributed by atoms with E-state index in [2.05, 4.69) is 22.1 Å². The standard InChI is InChI=1S/C20H24N4O4S/c1-5-8-24(11-16-22-23-19(28-16)15-7-6-9-29-15)10-14(25)18-12(2)17(13(3)21-18)20(26)27-4/h6-7,9,21H,5,8,10-11H2,1-4H3/p+1. The van der Waals surface area contributed by atoms with Crippen LogP contribution in [0.1, 0.15) is 51.3 Å². The smallest absolute Gasteiger partial charge is 0.339 e. The van der Waals surface area contributed by atoms with E-state index >= 15 is 0 Å².